The standard InChI is InChI=1S/C14H15NO6S/c16-8-10-2-1-3-12(13(10)15(17)18)21-9-14(6-7-14)22(19,20)11-4-5-11/h1-3,8,11H,4-7,9H2. The molecule has 0 bridgehead atoms. The van der Waals surface area contributed by atoms with Gasteiger partial charge in [-0.15, -0.1) is 0 Å². The molecule has 22 heavy (non-hydrogen) atoms. The second-order valence-electron chi connectivity index (χ2n) is 5.78. The number of sulfone groups is 1. The first-order valence-corrected chi connectivity index (χ1v) is 8.55. The van der Waals surface area contributed by atoms with Crippen LogP contribution in [0, 0.1) is 10.1 Å². The fraction of sp³-hybridized carbons (Fsp3) is 0.500. The van der Waals surface area contributed by atoms with Gasteiger partial charge in [-0.3, -0.25) is 14.9 Å². The molecule has 0 aliphatic heterocycles. The van der Waals surface area contributed by atoms with E-state index in [0.29, 0.717) is 32.0 Å². The quantitative estimate of drug-likeness (QED) is 0.431. The molecule has 2 aliphatic rings. The molecule has 1 aromatic rings. The van der Waals surface area contributed by atoms with E-state index in [1.54, 1.807) is 0 Å². The summed E-state index contributed by atoms with van der Waals surface area (Å²) in [6.07, 6.45) is 2.80. The van der Waals surface area contributed by atoms with Crippen LogP contribution in [0.1, 0.15) is 36.0 Å². The lowest BCUT2D eigenvalue weighted by atomic mass is 10.2. The summed E-state index contributed by atoms with van der Waals surface area (Å²) in [5.41, 5.74) is -0.505. The summed E-state index contributed by atoms with van der Waals surface area (Å²) in [7, 11) is -3.24. The second-order valence-corrected chi connectivity index (χ2v) is 8.41. The summed E-state index contributed by atoms with van der Waals surface area (Å²) in [6, 6.07) is 4.18. The van der Waals surface area contributed by atoms with Gasteiger partial charge in [-0.1, -0.05) is 6.07 Å². The van der Waals surface area contributed by atoms with Crippen LogP contribution in [0.2, 0.25) is 0 Å². The summed E-state index contributed by atoms with van der Waals surface area (Å²) >= 11 is 0. The summed E-state index contributed by atoms with van der Waals surface area (Å²) in [4.78, 5) is 21.3. The predicted molar refractivity (Wildman–Crippen MR) is 77.9 cm³/mol. The highest BCUT2D eigenvalue weighted by atomic mass is 32.2. The van der Waals surface area contributed by atoms with E-state index in [4.69, 9.17) is 4.74 Å². The summed E-state index contributed by atoms with van der Waals surface area (Å²) in [6.45, 7) is -0.102. The maximum atomic E-state index is 12.4. The summed E-state index contributed by atoms with van der Waals surface area (Å²) in [5.74, 6) is -0.0631. The van der Waals surface area contributed by atoms with Crippen molar-refractivity contribution in [3.8, 4) is 5.75 Å². The fourth-order valence-corrected chi connectivity index (χ4v) is 4.90. The topological polar surface area (TPSA) is 104 Å². The minimum Gasteiger partial charge on any atom is -0.485 e. The van der Waals surface area contributed by atoms with Crippen LogP contribution in [0.3, 0.4) is 0 Å². The predicted octanol–water partition coefficient (Wildman–Crippen LogP) is 1.90. The van der Waals surface area contributed by atoms with E-state index >= 15 is 0 Å². The van der Waals surface area contributed by atoms with Crippen molar-refractivity contribution in [2.75, 3.05) is 6.61 Å². The first-order chi connectivity index (χ1) is 10.4. The molecule has 0 unspecified atom stereocenters. The number of carbonyl (C=O) groups excluding carboxylic acids is 1. The SMILES string of the molecule is O=Cc1cccc(OCC2(S(=O)(=O)C3CC3)CC2)c1[N+](=O)[O-]. The number of hydrogen-bond donors (Lipinski definition) is 0. The van der Waals surface area contributed by atoms with Gasteiger partial charge >= 0.3 is 5.69 Å². The first-order valence-electron chi connectivity index (χ1n) is 7.00. The number of hydrogen-bond acceptors (Lipinski definition) is 6. The Balaban J connectivity index is 1.83. The van der Waals surface area contributed by atoms with Crippen LogP contribution < -0.4 is 4.74 Å². The van der Waals surface area contributed by atoms with Crippen LogP contribution in [0.25, 0.3) is 0 Å². The maximum Gasteiger partial charge on any atom is 0.321 e. The van der Waals surface area contributed by atoms with E-state index in [9.17, 15) is 23.3 Å². The Bertz CT molecular complexity index is 734. The number of nitro groups is 1. The molecule has 8 heteroatoms. The molecule has 0 radical (unpaired) electrons. The highest BCUT2D eigenvalue weighted by molar-refractivity contribution is 7.94. The molecule has 0 saturated heterocycles. The van der Waals surface area contributed by atoms with Gasteiger partial charge in [0.2, 0.25) is 0 Å². The molecule has 7 nitrogen and oxygen atoms in total. The van der Waals surface area contributed by atoms with Crippen LogP contribution in [0.4, 0.5) is 5.69 Å². The number of carbonyl (C=O) groups is 1. The normalized spacial score (nSPS) is 19.5. The molecule has 1 aromatic carbocycles. The van der Waals surface area contributed by atoms with Crippen LogP contribution in [0.15, 0.2) is 18.2 Å². The molecule has 0 amide bonds. The van der Waals surface area contributed by atoms with Crippen molar-refractivity contribution in [1.29, 1.82) is 0 Å². The zero-order chi connectivity index (χ0) is 16.0. The first kappa shape index (κ1) is 15.0. The molecule has 0 heterocycles. The molecule has 0 aromatic heterocycles. The van der Waals surface area contributed by atoms with E-state index in [2.05, 4.69) is 0 Å². The van der Waals surface area contributed by atoms with Crippen molar-refractivity contribution in [3.05, 3.63) is 33.9 Å². The molecule has 3 rings (SSSR count). The van der Waals surface area contributed by atoms with E-state index in [0.717, 1.165) is 0 Å². The van der Waals surface area contributed by atoms with Crippen molar-refractivity contribution in [2.24, 2.45) is 0 Å². The van der Waals surface area contributed by atoms with Crippen molar-refractivity contribution in [2.45, 2.75) is 35.7 Å². The number of ether oxygens (including phenoxy) is 1. The lowest BCUT2D eigenvalue weighted by Crippen LogP contribution is -2.33. The molecular weight excluding hydrogens is 310 g/mol. The molecule has 118 valence electrons. The average molecular weight is 325 g/mol. The number of benzene rings is 1. The third-order valence-electron chi connectivity index (χ3n) is 4.20. The van der Waals surface area contributed by atoms with Gasteiger partial charge in [-0.2, -0.15) is 0 Å². The van der Waals surface area contributed by atoms with Crippen LogP contribution in [-0.4, -0.2) is 36.2 Å². The third kappa shape index (κ3) is 2.37. The van der Waals surface area contributed by atoms with Crippen LogP contribution in [0.5, 0.6) is 5.75 Å². The number of para-hydroxylation sites is 1. The van der Waals surface area contributed by atoms with E-state index in [1.165, 1.54) is 18.2 Å². The lowest BCUT2D eigenvalue weighted by Gasteiger charge is -2.17. The van der Waals surface area contributed by atoms with Crippen molar-refractivity contribution < 1.29 is 22.9 Å². The molecule has 2 fully saturated rings. The molecule has 2 saturated carbocycles. The van der Waals surface area contributed by atoms with Crippen LogP contribution >= 0.6 is 0 Å². The molecular formula is C14H15NO6S. The summed E-state index contributed by atoms with van der Waals surface area (Å²) in [5, 5.41) is 10.8. The summed E-state index contributed by atoms with van der Waals surface area (Å²) < 4.78 is 29.3. The van der Waals surface area contributed by atoms with Gasteiger partial charge in [0.1, 0.15) is 11.4 Å². The van der Waals surface area contributed by atoms with Gasteiger partial charge in [0.15, 0.2) is 21.9 Å². The van der Waals surface area contributed by atoms with E-state index < -0.39 is 25.2 Å². The Kier molecular flexibility index (Phi) is 3.43. The lowest BCUT2D eigenvalue weighted by molar-refractivity contribution is -0.386. The fourth-order valence-electron chi connectivity index (χ4n) is 2.54. The number of nitrogens with zero attached hydrogens (tertiary/aromatic N) is 1. The third-order valence-corrected chi connectivity index (χ3v) is 7.29. The Hall–Kier alpha value is -1.96. The molecule has 0 atom stereocenters. The van der Waals surface area contributed by atoms with Crippen molar-refractivity contribution in [3.63, 3.8) is 0 Å². The highest BCUT2D eigenvalue weighted by Crippen LogP contribution is 2.50. The van der Waals surface area contributed by atoms with Gasteiger partial charge in [0.05, 0.1) is 15.7 Å². The second kappa shape index (κ2) is 5.05. The van der Waals surface area contributed by atoms with Crippen molar-refractivity contribution in [1.82, 2.24) is 0 Å². The Morgan fingerprint density at radius 1 is 1.36 bits per heavy atom. The number of rotatable bonds is 7. The molecule has 2 aliphatic carbocycles. The molecule has 0 spiro atoms. The van der Waals surface area contributed by atoms with E-state index in [-0.39, 0.29) is 23.2 Å². The van der Waals surface area contributed by atoms with Gasteiger partial charge in [0, 0.05) is 0 Å². The number of nitro benzene ring substituents is 1. The smallest absolute Gasteiger partial charge is 0.321 e. The largest absolute Gasteiger partial charge is 0.485 e. The minimum absolute atomic E-state index is 0.0631. The maximum absolute atomic E-state index is 12.4. The highest BCUT2D eigenvalue weighted by Gasteiger charge is 2.60. The Morgan fingerprint density at radius 2 is 2.05 bits per heavy atom. The molecule has 0 N–H and O–H groups in total. The van der Waals surface area contributed by atoms with Crippen molar-refractivity contribution >= 4 is 21.8 Å². The monoisotopic (exact) mass is 325 g/mol. The average Bonchev–Trinajstić information content (AvgIpc) is 3.37. The zero-order valence-electron chi connectivity index (χ0n) is 11.7. The van der Waals surface area contributed by atoms with Crippen LogP contribution in [-0.2, 0) is 9.84 Å². The minimum atomic E-state index is -3.24. The van der Waals surface area contributed by atoms with E-state index in [1.807, 2.05) is 0 Å². The van der Waals surface area contributed by atoms with Gasteiger partial charge < -0.3 is 4.74 Å². The van der Waals surface area contributed by atoms with Gasteiger partial charge in [-0.25, -0.2) is 8.42 Å². The van der Waals surface area contributed by atoms with Gasteiger partial charge in [-0.05, 0) is 37.8 Å². The number of aldehydes is 1. The Labute approximate surface area is 127 Å². The van der Waals surface area contributed by atoms with Gasteiger partial charge in [0.25, 0.3) is 0 Å². The Morgan fingerprint density at radius 3 is 2.55 bits per heavy atom. The zero-order valence-corrected chi connectivity index (χ0v) is 12.5.